The predicted molar refractivity (Wildman–Crippen MR) is 57.8 cm³/mol. The Labute approximate surface area is 91.9 Å². The summed E-state index contributed by atoms with van der Waals surface area (Å²) in [6, 6.07) is 4.28. The predicted octanol–water partition coefficient (Wildman–Crippen LogP) is 2.47. The van der Waals surface area contributed by atoms with E-state index in [2.05, 4.69) is 9.72 Å². The molecule has 0 unspecified atom stereocenters. The SMILES string of the molecule is COC(=O)c1ccc(F)c2cc(C)cnc12. The lowest BCUT2D eigenvalue weighted by atomic mass is 10.1. The maximum atomic E-state index is 13.5. The Morgan fingerprint density at radius 1 is 1.44 bits per heavy atom. The van der Waals surface area contributed by atoms with Gasteiger partial charge in [-0.25, -0.2) is 9.18 Å². The second-order valence-corrected chi connectivity index (χ2v) is 3.50. The largest absolute Gasteiger partial charge is 0.465 e. The minimum Gasteiger partial charge on any atom is -0.465 e. The Balaban J connectivity index is 2.79. The maximum absolute atomic E-state index is 13.5. The highest BCUT2D eigenvalue weighted by molar-refractivity contribution is 6.02. The highest BCUT2D eigenvalue weighted by atomic mass is 19.1. The number of pyridine rings is 1. The van der Waals surface area contributed by atoms with E-state index in [9.17, 15) is 9.18 Å². The van der Waals surface area contributed by atoms with E-state index in [4.69, 9.17) is 0 Å². The normalized spacial score (nSPS) is 10.4. The minimum absolute atomic E-state index is 0.277. The van der Waals surface area contributed by atoms with Crippen LogP contribution in [0.2, 0.25) is 0 Å². The molecule has 0 bridgehead atoms. The number of ether oxygens (including phenoxy) is 1. The van der Waals surface area contributed by atoms with Crippen molar-refractivity contribution in [2.75, 3.05) is 7.11 Å². The smallest absolute Gasteiger partial charge is 0.340 e. The minimum atomic E-state index is -0.513. The molecule has 0 saturated heterocycles. The quantitative estimate of drug-likeness (QED) is 0.691. The van der Waals surface area contributed by atoms with Crippen LogP contribution < -0.4 is 0 Å². The molecule has 0 saturated carbocycles. The van der Waals surface area contributed by atoms with E-state index in [0.29, 0.717) is 10.9 Å². The number of nitrogens with zero attached hydrogens (tertiary/aromatic N) is 1. The van der Waals surface area contributed by atoms with Crippen molar-refractivity contribution in [3.63, 3.8) is 0 Å². The summed E-state index contributed by atoms with van der Waals surface area (Å²) in [5, 5.41) is 0.336. The van der Waals surface area contributed by atoms with Gasteiger partial charge in [0.1, 0.15) is 5.82 Å². The van der Waals surface area contributed by atoms with Crippen LogP contribution in [0.15, 0.2) is 24.4 Å². The van der Waals surface area contributed by atoms with Crippen molar-refractivity contribution in [3.8, 4) is 0 Å². The second kappa shape index (κ2) is 3.89. The fraction of sp³-hybridized carbons (Fsp3) is 0.167. The fourth-order valence-electron chi connectivity index (χ4n) is 1.57. The van der Waals surface area contributed by atoms with E-state index in [-0.39, 0.29) is 11.4 Å². The first kappa shape index (κ1) is 10.5. The molecule has 4 heteroatoms. The van der Waals surface area contributed by atoms with E-state index in [1.54, 1.807) is 12.3 Å². The topological polar surface area (TPSA) is 39.2 Å². The number of halogens is 1. The van der Waals surface area contributed by atoms with Crippen LogP contribution in [0.5, 0.6) is 0 Å². The van der Waals surface area contributed by atoms with Crippen molar-refractivity contribution in [1.82, 2.24) is 4.98 Å². The molecule has 0 N–H and O–H groups in total. The van der Waals surface area contributed by atoms with Crippen molar-refractivity contribution in [1.29, 1.82) is 0 Å². The van der Waals surface area contributed by atoms with Crippen molar-refractivity contribution in [3.05, 3.63) is 41.3 Å². The number of esters is 1. The molecule has 0 aliphatic heterocycles. The molecule has 0 amide bonds. The van der Waals surface area contributed by atoms with Gasteiger partial charge in [0.05, 0.1) is 18.2 Å². The zero-order valence-corrected chi connectivity index (χ0v) is 8.95. The standard InChI is InChI=1S/C12H10FNO2/c1-7-5-9-10(13)4-3-8(12(15)16-2)11(9)14-6-7/h3-6H,1-2H3. The number of carbonyl (C=O) groups excluding carboxylic acids is 1. The third-order valence-corrected chi connectivity index (χ3v) is 2.34. The second-order valence-electron chi connectivity index (χ2n) is 3.50. The number of benzene rings is 1. The van der Waals surface area contributed by atoms with E-state index in [1.165, 1.54) is 19.2 Å². The van der Waals surface area contributed by atoms with Gasteiger partial charge in [0.15, 0.2) is 0 Å². The summed E-state index contributed by atoms with van der Waals surface area (Å²) in [5.74, 6) is -0.903. The van der Waals surface area contributed by atoms with Gasteiger partial charge in [-0.2, -0.15) is 0 Å². The maximum Gasteiger partial charge on any atom is 0.340 e. The monoisotopic (exact) mass is 219 g/mol. The molecule has 1 aromatic carbocycles. The Bertz CT molecular complexity index is 566. The van der Waals surface area contributed by atoms with E-state index < -0.39 is 5.97 Å². The van der Waals surface area contributed by atoms with Crippen LogP contribution in [0.4, 0.5) is 4.39 Å². The summed E-state index contributed by atoms with van der Waals surface area (Å²) in [6.07, 6.45) is 1.59. The lowest BCUT2D eigenvalue weighted by molar-refractivity contribution is 0.0602. The van der Waals surface area contributed by atoms with Gasteiger partial charge >= 0.3 is 5.97 Å². The molecule has 0 fully saturated rings. The van der Waals surface area contributed by atoms with Gasteiger partial charge in [-0.15, -0.1) is 0 Å². The fourth-order valence-corrected chi connectivity index (χ4v) is 1.57. The van der Waals surface area contributed by atoms with Crippen LogP contribution in [0, 0.1) is 12.7 Å². The lowest BCUT2D eigenvalue weighted by Crippen LogP contribution is -2.03. The number of aromatic nitrogens is 1. The average molecular weight is 219 g/mol. The number of aryl methyl sites for hydroxylation is 1. The first-order chi connectivity index (χ1) is 7.63. The third kappa shape index (κ3) is 1.62. The summed E-state index contributed by atoms with van der Waals surface area (Å²) in [7, 11) is 1.28. The van der Waals surface area contributed by atoms with Gasteiger partial charge in [0.25, 0.3) is 0 Å². The van der Waals surface area contributed by atoms with E-state index >= 15 is 0 Å². The molecule has 0 aliphatic carbocycles. The first-order valence-corrected chi connectivity index (χ1v) is 4.76. The van der Waals surface area contributed by atoms with Crippen LogP contribution >= 0.6 is 0 Å². The van der Waals surface area contributed by atoms with E-state index in [0.717, 1.165) is 5.56 Å². The highest BCUT2D eigenvalue weighted by Crippen LogP contribution is 2.21. The van der Waals surface area contributed by atoms with Crippen molar-refractivity contribution in [2.24, 2.45) is 0 Å². The molecular formula is C12H10FNO2. The summed E-state index contributed by atoms with van der Waals surface area (Å²) >= 11 is 0. The molecule has 2 aromatic rings. The number of fused-ring (bicyclic) bond motifs is 1. The number of methoxy groups -OCH3 is 1. The molecule has 16 heavy (non-hydrogen) atoms. The first-order valence-electron chi connectivity index (χ1n) is 4.76. The lowest BCUT2D eigenvalue weighted by Gasteiger charge is -2.05. The van der Waals surface area contributed by atoms with Gasteiger partial charge in [-0.1, -0.05) is 0 Å². The van der Waals surface area contributed by atoms with Crippen LogP contribution in [0.25, 0.3) is 10.9 Å². The number of hydrogen-bond donors (Lipinski definition) is 0. The molecule has 82 valence electrons. The molecular weight excluding hydrogens is 209 g/mol. The zero-order valence-electron chi connectivity index (χ0n) is 8.95. The van der Waals surface area contributed by atoms with Crippen LogP contribution in [0.1, 0.15) is 15.9 Å². The third-order valence-electron chi connectivity index (χ3n) is 2.34. The van der Waals surface area contributed by atoms with Gasteiger partial charge in [0, 0.05) is 11.6 Å². The van der Waals surface area contributed by atoms with Crippen molar-refractivity contribution < 1.29 is 13.9 Å². The van der Waals surface area contributed by atoms with Gasteiger partial charge in [-0.05, 0) is 30.7 Å². The number of rotatable bonds is 1. The molecule has 0 spiro atoms. The van der Waals surface area contributed by atoms with Crippen molar-refractivity contribution >= 4 is 16.9 Å². The van der Waals surface area contributed by atoms with Gasteiger partial charge in [-0.3, -0.25) is 4.98 Å². The van der Waals surface area contributed by atoms with Crippen LogP contribution in [-0.2, 0) is 4.74 Å². The van der Waals surface area contributed by atoms with Crippen LogP contribution in [0.3, 0.4) is 0 Å². The summed E-state index contributed by atoms with van der Waals surface area (Å²) in [5.41, 5.74) is 1.45. The average Bonchev–Trinajstić information content (AvgIpc) is 2.29. The molecule has 1 heterocycles. The summed E-state index contributed by atoms with van der Waals surface area (Å²) < 4.78 is 18.1. The number of hydrogen-bond acceptors (Lipinski definition) is 3. The van der Waals surface area contributed by atoms with Gasteiger partial charge < -0.3 is 4.74 Å². The molecule has 0 radical (unpaired) electrons. The van der Waals surface area contributed by atoms with Crippen molar-refractivity contribution in [2.45, 2.75) is 6.92 Å². The van der Waals surface area contributed by atoms with Gasteiger partial charge in [0.2, 0.25) is 0 Å². The van der Waals surface area contributed by atoms with Crippen LogP contribution in [-0.4, -0.2) is 18.1 Å². The molecule has 0 atom stereocenters. The summed E-state index contributed by atoms with van der Waals surface area (Å²) in [4.78, 5) is 15.5. The highest BCUT2D eigenvalue weighted by Gasteiger charge is 2.13. The molecule has 0 aliphatic rings. The Hall–Kier alpha value is -1.97. The zero-order chi connectivity index (χ0) is 11.7. The number of carbonyl (C=O) groups is 1. The molecule has 3 nitrogen and oxygen atoms in total. The Morgan fingerprint density at radius 2 is 2.19 bits per heavy atom. The summed E-state index contributed by atoms with van der Waals surface area (Å²) in [6.45, 7) is 1.82. The molecule has 1 aromatic heterocycles. The molecule has 2 rings (SSSR count). The Morgan fingerprint density at radius 3 is 2.88 bits per heavy atom. The Kier molecular flexibility index (Phi) is 2.56. The van der Waals surface area contributed by atoms with E-state index in [1.807, 2.05) is 6.92 Å².